The lowest BCUT2D eigenvalue weighted by molar-refractivity contribution is -0.137. The zero-order valence-electron chi connectivity index (χ0n) is 13.1. The van der Waals surface area contributed by atoms with E-state index < -0.39 is 5.97 Å². The van der Waals surface area contributed by atoms with E-state index >= 15 is 0 Å². The maximum atomic E-state index is 12.4. The zero-order valence-corrected chi connectivity index (χ0v) is 13.1. The minimum atomic E-state index is -0.873. The van der Waals surface area contributed by atoms with Crippen LogP contribution < -0.4 is 0 Å². The number of urea groups is 1. The molecule has 1 aliphatic rings. The molecule has 6 nitrogen and oxygen atoms in total. The third kappa shape index (κ3) is 3.85. The van der Waals surface area contributed by atoms with Gasteiger partial charge < -0.3 is 19.8 Å². The Labute approximate surface area is 121 Å². The first kappa shape index (κ1) is 16.8. The maximum absolute atomic E-state index is 12.4. The molecule has 0 aromatic carbocycles. The van der Waals surface area contributed by atoms with E-state index in [1.54, 1.807) is 16.8 Å². The largest absolute Gasteiger partial charge is 0.481 e. The smallest absolute Gasteiger partial charge is 0.319 e. The molecule has 1 rings (SSSR count). The molecule has 0 unspecified atom stereocenters. The number of nitrogens with zero attached hydrogens (tertiary/aromatic N) is 3. The molecule has 2 amide bonds. The summed E-state index contributed by atoms with van der Waals surface area (Å²) in [6.45, 7) is 3.37. The van der Waals surface area contributed by atoms with Gasteiger partial charge >= 0.3 is 12.0 Å². The Morgan fingerprint density at radius 1 is 1.20 bits per heavy atom. The van der Waals surface area contributed by atoms with Gasteiger partial charge in [-0.1, -0.05) is 0 Å². The first-order valence-electron chi connectivity index (χ1n) is 7.21. The molecule has 0 aliphatic heterocycles. The van der Waals surface area contributed by atoms with Gasteiger partial charge in [-0.05, 0) is 40.3 Å². The first-order chi connectivity index (χ1) is 9.32. The van der Waals surface area contributed by atoms with Crippen molar-refractivity contribution in [2.75, 3.05) is 40.8 Å². The fourth-order valence-corrected chi connectivity index (χ4v) is 2.70. The number of carboxylic acids is 1. The summed E-state index contributed by atoms with van der Waals surface area (Å²) in [4.78, 5) is 28.5. The highest BCUT2D eigenvalue weighted by Crippen LogP contribution is 2.36. The fourth-order valence-electron chi connectivity index (χ4n) is 2.70. The number of likely N-dealkylation sites (N-methyl/N-ethyl adjacent to an activating group) is 2. The highest BCUT2D eigenvalue weighted by Gasteiger charge is 2.41. The van der Waals surface area contributed by atoms with Crippen LogP contribution in [0.5, 0.6) is 0 Å². The topological polar surface area (TPSA) is 64.1 Å². The number of carbonyl (C=O) groups is 2. The van der Waals surface area contributed by atoms with E-state index in [0.29, 0.717) is 13.1 Å². The molecule has 0 radical (unpaired) electrons. The number of hydrogen-bond acceptors (Lipinski definition) is 3. The van der Waals surface area contributed by atoms with Crippen LogP contribution in [0.25, 0.3) is 0 Å². The molecule has 1 aliphatic carbocycles. The summed E-state index contributed by atoms with van der Waals surface area (Å²) >= 11 is 0. The minimum Gasteiger partial charge on any atom is -0.481 e. The number of amides is 2. The minimum absolute atomic E-state index is 0.00770. The summed E-state index contributed by atoms with van der Waals surface area (Å²) in [6, 6.07) is -0.0816. The monoisotopic (exact) mass is 285 g/mol. The maximum Gasteiger partial charge on any atom is 0.319 e. The molecule has 0 bridgehead atoms. The molecular weight excluding hydrogens is 258 g/mol. The van der Waals surface area contributed by atoms with E-state index in [1.165, 1.54) is 6.42 Å². The number of rotatable bonds is 7. The molecule has 1 N–H and O–H groups in total. The molecule has 0 aromatic rings. The van der Waals surface area contributed by atoms with Crippen LogP contribution >= 0.6 is 0 Å². The average Bonchev–Trinajstić information content (AvgIpc) is 2.33. The third-order valence-corrected chi connectivity index (χ3v) is 4.34. The number of hydrogen-bond donors (Lipinski definition) is 1. The van der Waals surface area contributed by atoms with E-state index in [1.807, 2.05) is 6.92 Å². The molecule has 1 fully saturated rings. The Morgan fingerprint density at radius 2 is 1.80 bits per heavy atom. The Kier molecular flexibility index (Phi) is 5.80. The Balaban J connectivity index is 2.58. The van der Waals surface area contributed by atoms with Crippen LogP contribution in [0.4, 0.5) is 4.79 Å². The second-order valence-electron chi connectivity index (χ2n) is 5.83. The van der Waals surface area contributed by atoms with Crippen molar-refractivity contribution in [3.8, 4) is 0 Å². The van der Waals surface area contributed by atoms with Crippen molar-refractivity contribution >= 4 is 12.0 Å². The van der Waals surface area contributed by atoms with Gasteiger partial charge in [0.05, 0.1) is 6.42 Å². The number of aliphatic carboxylic acids is 1. The second-order valence-corrected chi connectivity index (χ2v) is 5.83. The van der Waals surface area contributed by atoms with Gasteiger partial charge in [0.1, 0.15) is 0 Å². The van der Waals surface area contributed by atoms with Crippen molar-refractivity contribution in [3.63, 3.8) is 0 Å². The summed E-state index contributed by atoms with van der Waals surface area (Å²) in [6.07, 6.45) is 3.42. The average molecular weight is 285 g/mol. The predicted molar refractivity (Wildman–Crippen MR) is 77.8 cm³/mol. The second kappa shape index (κ2) is 6.92. The van der Waals surface area contributed by atoms with Gasteiger partial charge in [-0.3, -0.25) is 4.79 Å². The van der Waals surface area contributed by atoms with E-state index in [2.05, 4.69) is 19.0 Å². The van der Waals surface area contributed by atoms with Crippen molar-refractivity contribution in [1.29, 1.82) is 0 Å². The highest BCUT2D eigenvalue weighted by molar-refractivity contribution is 5.75. The van der Waals surface area contributed by atoms with Gasteiger partial charge in [-0.2, -0.15) is 0 Å². The van der Waals surface area contributed by atoms with E-state index in [9.17, 15) is 9.59 Å². The lowest BCUT2D eigenvalue weighted by Crippen LogP contribution is -2.58. The van der Waals surface area contributed by atoms with Gasteiger partial charge in [0.2, 0.25) is 0 Å². The van der Waals surface area contributed by atoms with E-state index in [4.69, 9.17) is 5.11 Å². The molecule has 0 saturated heterocycles. The van der Waals surface area contributed by atoms with Gasteiger partial charge in [0.15, 0.2) is 0 Å². The summed E-state index contributed by atoms with van der Waals surface area (Å²) in [5.41, 5.74) is 0.0939. The van der Waals surface area contributed by atoms with Crippen molar-refractivity contribution in [2.24, 2.45) is 0 Å². The van der Waals surface area contributed by atoms with Crippen LogP contribution in [-0.2, 0) is 4.79 Å². The summed E-state index contributed by atoms with van der Waals surface area (Å²) in [7, 11) is 5.91. The van der Waals surface area contributed by atoms with Crippen molar-refractivity contribution in [1.82, 2.24) is 14.7 Å². The van der Waals surface area contributed by atoms with Gasteiger partial charge in [0, 0.05) is 32.2 Å². The molecule has 0 heterocycles. The lowest BCUT2D eigenvalue weighted by atomic mass is 9.75. The van der Waals surface area contributed by atoms with Crippen LogP contribution in [0.1, 0.15) is 32.6 Å². The van der Waals surface area contributed by atoms with Crippen LogP contribution in [0.15, 0.2) is 0 Å². The summed E-state index contributed by atoms with van der Waals surface area (Å²) in [5.74, 6) is -0.873. The first-order valence-corrected chi connectivity index (χ1v) is 7.21. The van der Waals surface area contributed by atoms with Crippen molar-refractivity contribution < 1.29 is 14.7 Å². The fraction of sp³-hybridized carbons (Fsp3) is 0.857. The standard InChI is InChI=1S/C14H27N3O3/c1-5-17(10-7-12(18)19)13(20)16(4)11-14(15(2)3)8-6-9-14/h5-11H2,1-4H3,(H,18,19). The molecule has 20 heavy (non-hydrogen) atoms. The van der Waals surface area contributed by atoms with E-state index in [0.717, 1.165) is 12.8 Å². The van der Waals surface area contributed by atoms with Crippen molar-refractivity contribution in [2.45, 2.75) is 38.1 Å². The van der Waals surface area contributed by atoms with Crippen LogP contribution in [0.3, 0.4) is 0 Å². The van der Waals surface area contributed by atoms with E-state index in [-0.39, 0.29) is 24.5 Å². The van der Waals surface area contributed by atoms with Gasteiger partial charge in [-0.25, -0.2) is 4.79 Å². The zero-order chi connectivity index (χ0) is 15.3. The molecule has 116 valence electrons. The Hall–Kier alpha value is -1.30. The van der Waals surface area contributed by atoms with Crippen molar-refractivity contribution in [3.05, 3.63) is 0 Å². The van der Waals surface area contributed by atoms with Crippen LogP contribution in [0.2, 0.25) is 0 Å². The normalized spacial score (nSPS) is 16.6. The number of carbonyl (C=O) groups excluding carboxylic acids is 1. The van der Waals surface area contributed by atoms with Crippen LogP contribution in [0, 0.1) is 0 Å². The molecular formula is C14H27N3O3. The summed E-state index contributed by atoms with van der Waals surface area (Å²) in [5, 5.41) is 8.73. The molecule has 1 saturated carbocycles. The van der Waals surface area contributed by atoms with Crippen LogP contribution in [-0.4, -0.2) is 78.1 Å². The summed E-state index contributed by atoms with van der Waals surface area (Å²) < 4.78 is 0. The highest BCUT2D eigenvalue weighted by atomic mass is 16.4. The van der Waals surface area contributed by atoms with Gasteiger partial charge in [-0.15, -0.1) is 0 Å². The third-order valence-electron chi connectivity index (χ3n) is 4.34. The molecule has 6 heteroatoms. The van der Waals surface area contributed by atoms with Gasteiger partial charge in [0.25, 0.3) is 0 Å². The molecule has 0 spiro atoms. The lowest BCUT2D eigenvalue weighted by Gasteiger charge is -2.49. The SMILES string of the molecule is CCN(CCC(=O)O)C(=O)N(C)CC1(N(C)C)CCC1. The molecule has 0 aromatic heterocycles. The number of carboxylic acid groups (broad SMARTS) is 1. The Bertz CT molecular complexity index is 354. The predicted octanol–water partition coefficient (Wildman–Crippen LogP) is 1.32. The molecule has 0 atom stereocenters. The Morgan fingerprint density at radius 3 is 2.15 bits per heavy atom. The quantitative estimate of drug-likeness (QED) is 0.766.